The van der Waals surface area contributed by atoms with E-state index in [1.165, 1.54) is 0 Å². The third-order valence-corrected chi connectivity index (χ3v) is 1.96. The standard InChI is InChI=1S/C9H19N3O3/c1-3-4-12(6-8(13)11-2)5-7(10)9(14)15/h7H,3-6,10H2,1-2H3,(H,11,13)(H,14,15). The first-order valence-electron chi connectivity index (χ1n) is 4.92. The van der Waals surface area contributed by atoms with Crippen molar-refractivity contribution in [3.8, 4) is 0 Å². The van der Waals surface area contributed by atoms with Gasteiger partial charge in [-0.05, 0) is 13.0 Å². The van der Waals surface area contributed by atoms with Crippen LogP contribution in [0.4, 0.5) is 0 Å². The van der Waals surface area contributed by atoms with Crippen molar-refractivity contribution >= 4 is 11.9 Å². The Labute approximate surface area is 89.4 Å². The average molecular weight is 217 g/mol. The molecule has 15 heavy (non-hydrogen) atoms. The number of carboxylic acid groups (broad SMARTS) is 1. The Morgan fingerprint density at radius 2 is 2.13 bits per heavy atom. The molecule has 0 aromatic rings. The van der Waals surface area contributed by atoms with Gasteiger partial charge in [-0.15, -0.1) is 0 Å². The number of carbonyl (C=O) groups is 2. The molecule has 88 valence electrons. The van der Waals surface area contributed by atoms with Gasteiger partial charge in [0.2, 0.25) is 5.91 Å². The Morgan fingerprint density at radius 3 is 2.53 bits per heavy atom. The fourth-order valence-electron chi connectivity index (χ4n) is 1.19. The van der Waals surface area contributed by atoms with Gasteiger partial charge in [0.15, 0.2) is 0 Å². The van der Waals surface area contributed by atoms with Crippen molar-refractivity contribution < 1.29 is 14.7 Å². The number of nitrogens with two attached hydrogens (primary N) is 1. The second-order valence-corrected chi connectivity index (χ2v) is 3.35. The van der Waals surface area contributed by atoms with E-state index in [2.05, 4.69) is 5.32 Å². The van der Waals surface area contributed by atoms with E-state index >= 15 is 0 Å². The molecule has 6 heteroatoms. The minimum absolute atomic E-state index is 0.138. The van der Waals surface area contributed by atoms with E-state index in [9.17, 15) is 9.59 Å². The first-order chi connectivity index (χ1) is 7.01. The van der Waals surface area contributed by atoms with E-state index in [4.69, 9.17) is 10.8 Å². The average Bonchev–Trinajstić information content (AvgIpc) is 2.17. The van der Waals surface area contributed by atoms with Gasteiger partial charge in [0.05, 0.1) is 6.54 Å². The molecule has 1 amide bonds. The monoisotopic (exact) mass is 217 g/mol. The highest BCUT2D eigenvalue weighted by molar-refractivity contribution is 5.78. The summed E-state index contributed by atoms with van der Waals surface area (Å²) in [5.41, 5.74) is 5.39. The Kier molecular flexibility index (Phi) is 6.64. The molecule has 0 rings (SSSR count). The maximum Gasteiger partial charge on any atom is 0.321 e. The molecule has 0 aliphatic rings. The normalized spacial score (nSPS) is 12.5. The zero-order chi connectivity index (χ0) is 11.8. The molecule has 0 heterocycles. The molecule has 0 radical (unpaired) electrons. The maximum absolute atomic E-state index is 11.1. The number of carbonyl (C=O) groups excluding carboxylic acids is 1. The molecule has 1 atom stereocenters. The largest absolute Gasteiger partial charge is 0.480 e. The van der Waals surface area contributed by atoms with Crippen LogP contribution >= 0.6 is 0 Å². The zero-order valence-corrected chi connectivity index (χ0v) is 9.19. The van der Waals surface area contributed by atoms with Crippen molar-refractivity contribution in [2.75, 3.05) is 26.7 Å². The predicted octanol–water partition coefficient (Wildman–Crippen LogP) is -1.14. The second-order valence-electron chi connectivity index (χ2n) is 3.35. The van der Waals surface area contributed by atoms with Crippen LogP contribution in [0.3, 0.4) is 0 Å². The first-order valence-corrected chi connectivity index (χ1v) is 4.92. The lowest BCUT2D eigenvalue weighted by Gasteiger charge is -2.22. The lowest BCUT2D eigenvalue weighted by atomic mass is 10.2. The molecule has 1 unspecified atom stereocenters. The second kappa shape index (κ2) is 7.19. The van der Waals surface area contributed by atoms with Crippen LogP contribution in [0.15, 0.2) is 0 Å². The summed E-state index contributed by atoms with van der Waals surface area (Å²) < 4.78 is 0. The maximum atomic E-state index is 11.1. The van der Waals surface area contributed by atoms with Crippen LogP contribution in [0.25, 0.3) is 0 Å². The highest BCUT2D eigenvalue weighted by Crippen LogP contribution is 1.94. The third-order valence-electron chi connectivity index (χ3n) is 1.96. The number of nitrogens with one attached hydrogen (secondary N) is 1. The van der Waals surface area contributed by atoms with Gasteiger partial charge in [0.25, 0.3) is 0 Å². The highest BCUT2D eigenvalue weighted by Gasteiger charge is 2.17. The number of nitrogens with zero attached hydrogens (tertiary/aromatic N) is 1. The molecule has 0 bridgehead atoms. The Morgan fingerprint density at radius 1 is 1.53 bits per heavy atom. The highest BCUT2D eigenvalue weighted by atomic mass is 16.4. The van der Waals surface area contributed by atoms with Crippen LogP contribution in [-0.4, -0.2) is 54.6 Å². The van der Waals surface area contributed by atoms with Gasteiger partial charge in [0, 0.05) is 13.6 Å². The van der Waals surface area contributed by atoms with Crippen molar-refractivity contribution in [3.05, 3.63) is 0 Å². The number of rotatable bonds is 7. The van der Waals surface area contributed by atoms with Crippen molar-refractivity contribution in [1.29, 1.82) is 0 Å². The summed E-state index contributed by atoms with van der Waals surface area (Å²) in [5.74, 6) is -1.19. The summed E-state index contributed by atoms with van der Waals surface area (Å²) in [5, 5.41) is 11.1. The van der Waals surface area contributed by atoms with Crippen molar-refractivity contribution in [1.82, 2.24) is 10.2 Å². The fourth-order valence-corrected chi connectivity index (χ4v) is 1.19. The lowest BCUT2D eigenvalue weighted by Crippen LogP contribution is -2.46. The number of likely N-dealkylation sites (N-methyl/N-ethyl adjacent to an activating group) is 1. The molecule has 0 spiro atoms. The molecular formula is C9H19N3O3. The van der Waals surface area contributed by atoms with Gasteiger partial charge in [-0.25, -0.2) is 0 Å². The van der Waals surface area contributed by atoms with E-state index in [0.717, 1.165) is 6.42 Å². The minimum Gasteiger partial charge on any atom is -0.480 e. The third kappa shape index (κ3) is 6.03. The van der Waals surface area contributed by atoms with Crippen LogP contribution in [-0.2, 0) is 9.59 Å². The summed E-state index contributed by atoms with van der Waals surface area (Å²) in [7, 11) is 1.55. The summed E-state index contributed by atoms with van der Waals surface area (Å²) >= 11 is 0. The van der Waals surface area contributed by atoms with E-state index in [1.807, 2.05) is 6.92 Å². The topological polar surface area (TPSA) is 95.7 Å². The van der Waals surface area contributed by atoms with Crippen LogP contribution in [0.1, 0.15) is 13.3 Å². The summed E-state index contributed by atoms with van der Waals surface area (Å²) in [6.07, 6.45) is 0.851. The van der Waals surface area contributed by atoms with Crippen LogP contribution in [0.2, 0.25) is 0 Å². The van der Waals surface area contributed by atoms with Crippen molar-refractivity contribution in [2.24, 2.45) is 5.73 Å². The molecule has 0 aliphatic heterocycles. The Hall–Kier alpha value is -1.14. The number of carboxylic acids is 1. The quantitative estimate of drug-likeness (QED) is 0.501. The van der Waals surface area contributed by atoms with E-state index in [0.29, 0.717) is 6.54 Å². The van der Waals surface area contributed by atoms with Crippen LogP contribution in [0, 0.1) is 0 Å². The van der Waals surface area contributed by atoms with Gasteiger partial charge in [0.1, 0.15) is 6.04 Å². The summed E-state index contributed by atoms with van der Waals surface area (Å²) in [6.45, 7) is 3.00. The van der Waals surface area contributed by atoms with Gasteiger partial charge >= 0.3 is 5.97 Å². The zero-order valence-electron chi connectivity index (χ0n) is 9.19. The van der Waals surface area contributed by atoms with Gasteiger partial charge in [-0.2, -0.15) is 0 Å². The minimum atomic E-state index is -1.05. The number of amides is 1. The van der Waals surface area contributed by atoms with Crippen LogP contribution < -0.4 is 11.1 Å². The van der Waals surface area contributed by atoms with Gasteiger partial charge in [-0.1, -0.05) is 6.92 Å². The predicted molar refractivity (Wildman–Crippen MR) is 56.4 cm³/mol. The fraction of sp³-hybridized carbons (Fsp3) is 0.778. The first kappa shape index (κ1) is 13.9. The molecular weight excluding hydrogens is 198 g/mol. The number of hydrogen-bond acceptors (Lipinski definition) is 4. The van der Waals surface area contributed by atoms with Gasteiger partial charge < -0.3 is 16.2 Å². The smallest absolute Gasteiger partial charge is 0.321 e. The van der Waals surface area contributed by atoms with Crippen LogP contribution in [0.5, 0.6) is 0 Å². The molecule has 0 aliphatic carbocycles. The number of hydrogen-bond donors (Lipinski definition) is 3. The molecule has 4 N–H and O–H groups in total. The van der Waals surface area contributed by atoms with E-state index < -0.39 is 12.0 Å². The van der Waals surface area contributed by atoms with E-state index in [-0.39, 0.29) is 19.0 Å². The lowest BCUT2D eigenvalue weighted by molar-refractivity contribution is -0.139. The van der Waals surface area contributed by atoms with Crippen molar-refractivity contribution in [3.63, 3.8) is 0 Å². The molecule has 6 nitrogen and oxygen atoms in total. The summed E-state index contributed by atoms with van der Waals surface area (Å²) in [6, 6.07) is -0.943. The van der Waals surface area contributed by atoms with Crippen molar-refractivity contribution in [2.45, 2.75) is 19.4 Å². The summed E-state index contributed by atoms with van der Waals surface area (Å²) in [4.78, 5) is 23.4. The number of aliphatic carboxylic acids is 1. The Balaban J connectivity index is 4.14. The molecule has 0 aromatic heterocycles. The molecule has 0 saturated carbocycles. The SMILES string of the molecule is CCCN(CC(=O)NC)CC(N)C(=O)O. The van der Waals surface area contributed by atoms with E-state index in [1.54, 1.807) is 11.9 Å². The Bertz CT molecular complexity index is 221. The molecule has 0 fully saturated rings. The van der Waals surface area contributed by atoms with Gasteiger partial charge in [-0.3, -0.25) is 14.5 Å². The molecule has 0 saturated heterocycles. The molecule has 0 aromatic carbocycles.